The first-order valence-corrected chi connectivity index (χ1v) is 9.52. The maximum atomic E-state index is 12.5. The molecule has 1 amide bonds. The van der Waals surface area contributed by atoms with Crippen molar-refractivity contribution in [3.05, 3.63) is 28.5 Å². The zero-order chi connectivity index (χ0) is 16.5. The third-order valence-corrected chi connectivity index (χ3v) is 5.63. The molecule has 6 heteroatoms. The number of nitrogens with zero attached hydrogens (tertiary/aromatic N) is 3. The number of nitrogens with one attached hydrogen (secondary N) is 1. The van der Waals surface area contributed by atoms with Crippen LogP contribution in [0.4, 0.5) is 0 Å². The third kappa shape index (κ3) is 2.96. The van der Waals surface area contributed by atoms with E-state index in [1.165, 1.54) is 6.42 Å². The van der Waals surface area contributed by atoms with Crippen LogP contribution in [0.2, 0.25) is 0 Å². The highest BCUT2D eigenvalue weighted by atomic mass is 32.1. The summed E-state index contributed by atoms with van der Waals surface area (Å²) in [6, 6.07) is 2.29. The molecule has 124 valence electrons. The molecule has 0 radical (unpaired) electrons. The Morgan fingerprint density at radius 3 is 2.83 bits per heavy atom. The van der Waals surface area contributed by atoms with Crippen LogP contribution in [-0.2, 0) is 4.79 Å². The van der Waals surface area contributed by atoms with E-state index in [0.29, 0.717) is 5.92 Å². The van der Waals surface area contributed by atoms with Crippen LogP contribution in [0.25, 0.3) is 11.0 Å². The normalized spacial score (nSPS) is 19.4. The molecule has 2 aromatic rings. The standard InChI is InChI=1S/C18H20N4OS/c19-11-13(17(23)20-14-4-2-1-3-5-14)10-15-16(12-6-7-12)21-18-22(15)8-9-24-18/h8-10,12,14H,1-7H2,(H,20,23)/b13-10+. The molecule has 0 saturated heterocycles. The lowest BCUT2D eigenvalue weighted by atomic mass is 9.95. The summed E-state index contributed by atoms with van der Waals surface area (Å²) in [6.45, 7) is 0. The van der Waals surface area contributed by atoms with Crippen LogP contribution in [0.5, 0.6) is 0 Å². The number of hydrogen-bond acceptors (Lipinski definition) is 4. The topological polar surface area (TPSA) is 70.2 Å². The highest BCUT2D eigenvalue weighted by molar-refractivity contribution is 7.15. The largest absolute Gasteiger partial charge is 0.349 e. The first kappa shape index (κ1) is 15.4. The number of carbonyl (C=O) groups is 1. The van der Waals surface area contributed by atoms with Crippen molar-refractivity contribution in [2.75, 3.05) is 0 Å². The lowest BCUT2D eigenvalue weighted by Crippen LogP contribution is -2.36. The fourth-order valence-electron chi connectivity index (χ4n) is 3.42. The molecule has 0 unspecified atom stereocenters. The molecule has 2 aliphatic carbocycles. The van der Waals surface area contributed by atoms with Gasteiger partial charge in [-0.2, -0.15) is 5.26 Å². The number of hydrogen-bond donors (Lipinski definition) is 1. The number of fused-ring (bicyclic) bond motifs is 1. The van der Waals surface area contributed by atoms with Gasteiger partial charge in [-0.25, -0.2) is 4.98 Å². The lowest BCUT2D eigenvalue weighted by Gasteiger charge is -2.22. The zero-order valence-electron chi connectivity index (χ0n) is 13.5. The van der Waals surface area contributed by atoms with E-state index in [2.05, 4.69) is 11.4 Å². The second kappa shape index (κ2) is 6.40. The molecule has 2 heterocycles. The second-order valence-electron chi connectivity index (χ2n) is 6.69. The molecule has 2 aliphatic rings. The van der Waals surface area contributed by atoms with E-state index in [1.807, 2.05) is 16.0 Å². The number of aromatic nitrogens is 2. The van der Waals surface area contributed by atoms with Gasteiger partial charge in [0.05, 0.1) is 11.4 Å². The smallest absolute Gasteiger partial charge is 0.262 e. The van der Waals surface area contributed by atoms with Crippen molar-refractivity contribution in [2.45, 2.75) is 56.9 Å². The fraction of sp³-hybridized carbons (Fsp3) is 0.500. The van der Waals surface area contributed by atoms with E-state index in [0.717, 1.165) is 54.9 Å². The van der Waals surface area contributed by atoms with Crippen LogP contribution in [0.1, 0.15) is 62.3 Å². The average molecular weight is 340 g/mol. The van der Waals surface area contributed by atoms with Crippen molar-refractivity contribution < 1.29 is 4.79 Å². The Kier molecular flexibility index (Phi) is 4.11. The van der Waals surface area contributed by atoms with Gasteiger partial charge in [0.25, 0.3) is 5.91 Å². The van der Waals surface area contributed by atoms with Crippen LogP contribution in [0.3, 0.4) is 0 Å². The molecule has 4 rings (SSSR count). The van der Waals surface area contributed by atoms with E-state index in [4.69, 9.17) is 4.98 Å². The van der Waals surface area contributed by atoms with Crippen molar-refractivity contribution in [3.63, 3.8) is 0 Å². The molecule has 2 aromatic heterocycles. The van der Waals surface area contributed by atoms with Crippen molar-refractivity contribution in [1.82, 2.24) is 14.7 Å². The first-order valence-electron chi connectivity index (χ1n) is 8.64. The molecule has 5 nitrogen and oxygen atoms in total. The molecule has 0 bridgehead atoms. The summed E-state index contributed by atoms with van der Waals surface area (Å²) in [7, 11) is 0. The monoisotopic (exact) mass is 340 g/mol. The molecule has 2 fully saturated rings. The van der Waals surface area contributed by atoms with Crippen LogP contribution in [0.15, 0.2) is 17.2 Å². The number of amides is 1. The van der Waals surface area contributed by atoms with Gasteiger partial charge in [0.1, 0.15) is 11.6 Å². The van der Waals surface area contributed by atoms with E-state index in [9.17, 15) is 10.1 Å². The molecule has 0 aliphatic heterocycles. The quantitative estimate of drug-likeness (QED) is 0.682. The minimum absolute atomic E-state index is 0.176. The number of rotatable bonds is 4. The maximum absolute atomic E-state index is 12.5. The Hall–Kier alpha value is -2.13. The molecule has 2 saturated carbocycles. The van der Waals surface area contributed by atoms with E-state index in [-0.39, 0.29) is 17.5 Å². The first-order chi connectivity index (χ1) is 11.8. The third-order valence-electron chi connectivity index (χ3n) is 4.88. The predicted octanol–water partition coefficient (Wildman–Crippen LogP) is 3.63. The van der Waals surface area contributed by atoms with Crippen molar-refractivity contribution >= 4 is 28.3 Å². The van der Waals surface area contributed by atoms with E-state index in [1.54, 1.807) is 17.4 Å². The lowest BCUT2D eigenvalue weighted by molar-refractivity contribution is -0.117. The Morgan fingerprint density at radius 2 is 2.12 bits per heavy atom. The Balaban J connectivity index is 1.62. The number of nitriles is 1. The molecular formula is C18H20N4OS. The molecule has 1 N–H and O–H groups in total. The summed E-state index contributed by atoms with van der Waals surface area (Å²) in [5.74, 6) is 0.223. The van der Waals surface area contributed by atoms with Crippen molar-refractivity contribution in [2.24, 2.45) is 0 Å². The van der Waals surface area contributed by atoms with Gasteiger partial charge in [-0.3, -0.25) is 9.20 Å². The summed E-state index contributed by atoms with van der Waals surface area (Å²) in [5.41, 5.74) is 2.10. The maximum Gasteiger partial charge on any atom is 0.262 e. The molecular weight excluding hydrogens is 320 g/mol. The van der Waals surface area contributed by atoms with Crippen LogP contribution < -0.4 is 5.32 Å². The van der Waals surface area contributed by atoms with Crippen LogP contribution in [-0.4, -0.2) is 21.3 Å². The molecule has 0 spiro atoms. The minimum atomic E-state index is -0.253. The molecule has 0 aromatic carbocycles. The highest BCUT2D eigenvalue weighted by Crippen LogP contribution is 2.42. The Labute approximate surface area is 145 Å². The summed E-state index contributed by atoms with van der Waals surface area (Å²) in [5, 5.41) is 14.5. The summed E-state index contributed by atoms with van der Waals surface area (Å²) >= 11 is 1.58. The zero-order valence-corrected chi connectivity index (χ0v) is 14.3. The highest BCUT2D eigenvalue weighted by Gasteiger charge is 2.30. The van der Waals surface area contributed by atoms with Crippen molar-refractivity contribution in [3.8, 4) is 6.07 Å². The number of thiazole rings is 1. The SMILES string of the molecule is N#C/C(=C\c1c(C2CC2)nc2sccn12)C(=O)NC1CCCCC1. The second-order valence-corrected chi connectivity index (χ2v) is 7.56. The van der Waals surface area contributed by atoms with Gasteiger partial charge < -0.3 is 5.32 Å². The molecule has 0 atom stereocenters. The summed E-state index contributed by atoms with van der Waals surface area (Å²) in [6.07, 6.45) is 11.5. The Bertz CT molecular complexity index is 831. The van der Waals surface area contributed by atoms with Crippen LogP contribution >= 0.6 is 11.3 Å². The van der Waals surface area contributed by atoms with Gasteiger partial charge in [0.2, 0.25) is 0 Å². The number of carbonyl (C=O) groups excluding carboxylic acids is 1. The van der Waals surface area contributed by atoms with Crippen molar-refractivity contribution in [1.29, 1.82) is 5.26 Å². The minimum Gasteiger partial charge on any atom is -0.349 e. The predicted molar refractivity (Wildman–Crippen MR) is 93.6 cm³/mol. The van der Waals surface area contributed by atoms with Gasteiger partial charge in [-0.15, -0.1) is 11.3 Å². The summed E-state index contributed by atoms with van der Waals surface area (Å²) in [4.78, 5) is 18.1. The van der Waals surface area contributed by atoms with E-state index >= 15 is 0 Å². The average Bonchev–Trinajstić information content (AvgIpc) is 3.24. The molecule has 24 heavy (non-hydrogen) atoms. The van der Waals surface area contributed by atoms with E-state index < -0.39 is 0 Å². The Morgan fingerprint density at radius 1 is 1.33 bits per heavy atom. The van der Waals surface area contributed by atoms with Gasteiger partial charge in [0.15, 0.2) is 4.96 Å². The number of imidazole rings is 1. The fourth-order valence-corrected chi connectivity index (χ4v) is 4.14. The van der Waals surface area contributed by atoms with Crippen LogP contribution in [0, 0.1) is 11.3 Å². The van der Waals surface area contributed by atoms with Gasteiger partial charge >= 0.3 is 0 Å². The van der Waals surface area contributed by atoms with Gasteiger partial charge in [-0.05, 0) is 31.8 Å². The summed E-state index contributed by atoms with van der Waals surface area (Å²) < 4.78 is 1.99. The van der Waals surface area contributed by atoms with Gasteiger partial charge in [0, 0.05) is 23.5 Å². The van der Waals surface area contributed by atoms with Gasteiger partial charge in [-0.1, -0.05) is 19.3 Å².